The number of carbonyl (C=O) groups excluding carboxylic acids is 1. The van der Waals surface area contributed by atoms with Crippen LogP contribution < -0.4 is 10.6 Å². The Morgan fingerprint density at radius 1 is 1.08 bits per heavy atom. The van der Waals surface area contributed by atoms with Crippen LogP contribution in [0.4, 0.5) is 4.79 Å². The van der Waals surface area contributed by atoms with Crippen LogP contribution in [-0.2, 0) is 12.8 Å². The summed E-state index contributed by atoms with van der Waals surface area (Å²) in [6.07, 6.45) is 8.50. The van der Waals surface area contributed by atoms with Crippen molar-refractivity contribution in [1.82, 2.24) is 10.6 Å². The van der Waals surface area contributed by atoms with E-state index in [1.807, 2.05) is 31.2 Å². The van der Waals surface area contributed by atoms with Crippen molar-refractivity contribution in [1.29, 1.82) is 0 Å². The second-order valence-electron chi connectivity index (χ2n) is 6.76. The summed E-state index contributed by atoms with van der Waals surface area (Å²) < 4.78 is 0. The van der Waals surface area contributed by atoms with Gasteiger partial charge in [-0.05, 0) is 73.4 Å². The summed E-state index contributed by atoms with van der Waals surface area (Å²) in [6, 6.07) is 14.5. The number of nitrogens with one attached hydrogen (secondary N) is 2. The monoisotopic (exact) mass is 334 g/mol. The number of rotatable bonds is 4. The van der Waals surface area contributed by atoms with E-state index in [2.05, 4.69) is 41.8 Å². The smallest absolute Gasteiger partial charge is 0.319 e. The number of hydrogen-bond donors (Lipinski definition) is 2. The lowest BCUT2D eigenvalue weighted by Gasteiger charge is -2.20. The molecule has 0 aromatic heterocycles. The van der Waals surface area contributed by atoms with Crippen molar-refractivity contribution in [3.8, 4) is 0 Å². The summed E-state index contributed by atoms with van der Waals surface area (Å²) in [5.74, 6) is 0. The third-order valence-corrected chi connectivity index (χ3v) is 4.89. The molecule has 0 bridgehead atoms. The van der Waals surface area contributed by atoms with Gasteiger partial charge in [-0.25, -0.2) is 4.79 Å². The number of hydrogen-bond acceptors (Lipinski definition) is 1. The molecule has 3 nitrogen and oxygen atoms in total. The van der Waals surface area contributed by atoms with Crippen LogP contribution in [0.15, 0.2) is 48.7 Å². The minimum absolute atomic E-state index is 0.0147. The van der Waals surface area contributed by atoms with Crippen LogP contribution in [0.2, 0.25) is 0 Å². The zero-order valence-electron chi connectivity index (χ0n) is 15.0. The van der Waals surface area contributed by atoms with E-state index < -0.39 is 0 Å². The summed E-state index contributed by atoms with van der Waals surface area (Å²) >= 11 is 0. The van der Waals surface area contributed by atoms with Crippen LogP contribution >= 0.6 is 0 Å². The molecule has 2 aromatic rings. The summed E-state index contributed by atoms with van der Waals surface area (Å²) in [5, 5.41) is 5.79. The molecule has 3 heteroatoms. The van der Waals surface area contributed by atoms with E-state index in [9.17, 15) is 4.79 Å². The Labute approximate surface area is 150 Å². The Morgan fingerprint density at radius 2 is 1.84 bits per heavy atom. The van der Waals surface area contributed by atoms with Crippen LogP contribution in [0.25, 0.3) is 6.08 Å². The minimum atomic E-state index is -0.185. The quantitative estimate of drug-likeness (QED) is 0.820. The Hall–Kier alpha value is -2.55. The van der Waals surface area contributed by atoms with Crippen molar-refractivity contribution in [2.24, 2.45) is 0 Å². The van der Waals surface area contributed by atoms with Gasteiger partial charge >= 0.3 is 6.03 Å². The topological polar surface area (TPSA) is 41.1 Å². The fourth-order valence-corrected chi connectivity index (χ4v) is 3.33. The molecule has 1 unspecified atom stereocenters. The predicted molar refractivity (Wildman–Crippen MR) is 103 cm³/mol. The lowest BCUT2D eigenvalue weighted by Crippen LogP contribution is -2.34. The summed E-state index contributed by atoms with van der Waals surface area (Å²) in [6.45, 7) is 4.08. The van der Waals surface area contributed by atoms with Gasteiger partial charge in [-0.1, -0.05) is 42.5 Å². The van der Waals surface area contributed by atoms with Gasteiger partial charge in [0.25, 0.3) is 0 Å². The molecule has 0 saturated carbocycles. The largest absolute Gasteiger partial charge is 0.331 e. The molecule has 0 heterocycles. The van der Waals surface area contributed by atoms with Gasteiger partial charge in [0.15, 0.2) is 0 Å². The Morgan fingerprint density at radius 3 is 2.64 bits per heavy atom. The first-order valence-electron chi connectivity index (χ1n) is 9.04. The lowest BCUT2D eigenvalue weighted by molar-refractivity contribution is 0.241. The highest BCUT2D eigenvalue weighted by Gasteiger charge is 2.13. The van der Waals surface area contributed by atoms with Gasteiger partial charge in [0.2, 0.25) is 0 Å². The molecule has 130 valence electrons. The number of fused-ring (bicyclic) bond motifs is 1. The second-order valence-corrected chi connectivity index (χ2v) is 6.76. The van der Waals surface area contributed by atoms with E-state index in [-0.39, 0.29) is 12.1 Å². The van der Waals surface area contributed by atoms with Crippen molar-refractivity contribution in [3.63, 3.8) is 0 Å². The first-order valence-corrected chi connectivity index (χ1v) is 9.04. The van der Waals surface area contributed by atoms with Crippen LogP contribution in [0.3, 0.4) is 0 Å². The lowest BCUT2D eigenvalue weighted by atomic mass is 9.89. The van der Waals surface area contributed by atoms with E-state index in [1.165, 1.54) is 41.5 Å². The average molecular weight is 334 g/mol. The first-order chi connectivity index (χ1) is 12.1. The molecule has 2 aromatic carbocycles. The normalized spacial score (nSPS) is 14.8. The Kier molecular flexibility index (Phi) is 5.54. The third-order valence-electron chi connectivity index (χ3n) is 4.89. The van der Waals surface area contributed by atoms with Crippen LogP contribution in [0.1, 0.15) is 53.6 Å². The zero-order valence-corrected chi connectivity index (χ0v) is 15.0. The minimum Gasteiger partial charge on any atom is -0.331 e. The van der Waals surface area contributed by atoms with Gasteiger partial charge in [0.1, 0.15) is 0 Å². The van der Waals surface area contributed by atoms with Crippen molar-refractivity contribution in [2.45, 2.75) is 45.6 Å². The highest BCUT2D eigenvalue weighted by molar-refractivity contribution is 5.76. The molecule has 0 saturated heterocycles. The molecule has 1 aliphatic rings. The molecule has 2 amide bonds. The van der Waals surface area contributed by atoms with Crippen LogP contribution in [0, 0.1) is 6.92 Å². The van der Waals surface area contributed by atoms with E-state index >= 15 is 0 Å². The molecule has 0 radical (unpaired) electrons. The SMILES string of the molecule is Cc1ccccc1/C=C/NC(=O)NC(C)c1ccc2c(c1)CCCC2. The van der Waals surface area contributed by atoms with Gasteiger partial charge < -0.3 is 10.6 Å². The van der Waals surface area contributed by atoms with Crippen LogP contribution in [-0.4, -0.2) is 6.03 Å². The van der Waals surface area contributed by atoms with Gasteiger partial charge in [-0.2, -0.15) is 0 Å². The first kappa shape index (κ1) is 17.3. The molecule has 25 heavy (non-hydrogen) atoms. The van der Waals surface area contributed by atoms with Gasteiger partial charge in [0.05, 0.1) is 6.04 Å². The fourth-order valence-electron chi connectivity index (χ4n) is 3.33. The number of amides is 2. The maximum absolute atomic E-state index is 12.1. The van der Waals surface area contributed by atoms with Gasteiger partial charge in [-0.15, -0.1) is 0 Å². The summed E-state index contributed by atoms with van der Waals surface area (Å²) in [7, 11) is 0. The van der Waals surface area contributed by atoms with Crippen LogP contribution in [0.5, 0.6) is 0 Å². The number of urea groups is 1. The van der Waals surface area contributed by atoms with Crippen molar-refractivity contribution in [3.05, 3.63) is 76.5 Å². The number of benzene rings is 2. The summed E-state index contributed by atoms with van der Waals surface area (Å²) in [4.78, 5) is 12.1. The average Bonchev–Trinajstić information content (AvgIpc) is 2.63. The van der Waals surface area contributed by atoms with Gasteiger partial charge in [0, 0.05) is 6.20 Å². The number of carbonyl (C=O) groups is 1. The molecule has 1 atom stereocenters. The molecule has 1 aliphatic carbocycles. The number of aryl methyl sites for hydroxylation is 3. The molecule has 3 rings (SSSR count). The predicted octanol–water partition coefficient (Wildman–Crippen LogP) is 4.90. The molecular weight excluding hydrogens is 308 g/mol. The molecule has 0 fully saturated rings. The molecular formula is C22H26N2O. The third kappa shape index (κ3) is 4.50. The molecule has 0 aliphatic heterocycles. The van der Waals surface area contributed by atoms with Crippen molar-refractivity contribution >= 4 is 12.1 Å². The van der Waals surface area contributed by atoms with Gasteiger partial charge in [-0.3, -0.25) is 0 Å². The maximum Gasteiger partial charge on any atom is 0.319 e. The second kappa shape index (κ2) is 8.02. The van der Waals surface area contributed by atoms with Crippen molar-refractivity contribution in [2.75, 3.05) is 0 Å². The van der Waals surface area contributed by atoms with E-state index in [4.69, 9.17) is 0 Å². The summed E-state index contributed by atoms with van der Waals surface area (Å²) in [5.41, 5.74) is 6.36. The van der Waals surface area contributed by atoms with E-state index in [0.29, 0.717) is 0 Å². The van der Waals surface area contributed by atoms with E-state index in [0.717, 1.165) is 12.0 Å². The maximum atomic E-state index is 12.1. The Bertz CT molecular complexity index is 779. The zero-order chi connectivity index (χ0) is 17.6. The standard InChI is InChI=1S/C22H26N2O/c1-16-7-3-4-8-18(16)13-14-23-22(25)24-17(2)20-12-11-19-9-5-6-10-21(19)15-20/h3-4,7-8,11-15,17H,5-6,9-10H2,1-2H3,(H2,23,24,25)/b14-13+. The molecule has 2 N–H and O–H groups in total. The molecule has 0 spiro atoms. The highest BCUT2D eigenvalue weighted by atomic mass is 16.2. The van der Waals surface area contributed by atoms with E-state index in [1.54, 1.807) is 6.20 Å². The Balaban J connectivity index is 1.56. The fraction of sp³-hybridized carbons (Fsp3) is 0.318. The highest BCUT2D eigenvalue weighted by Crippen LogP contribution is 2.24. The van der Waals surface area contributed by atoms with Crippen molar-refractivity contribution < 1.29 is 4.79 Å².